The maximum absolute atomic E-state index is 11.4. The average molecular weight is 537 g/mol. The zero-order valence-corrected chi connectivity index (χ0v) is 26.8. The Morgan fingerprint density at radius 2 is 0.821 bits per heavy atom. The van der Waals surface area contributed by atoms with Crippen molar-refractivity contribution < 1.29 is 10.2 Å². The molecule has 220 valence electrons. The third-order valence-electron chi connectivity index (χ3n) is 8.13. The summed E-state index contributed by atoms with van der Waals surface area (Å²) >= 11 is 0. The third kappa shape index (κ3) is 10.8. The molecule has 0 radical (unpaired) electrons. The van der Waals surface area contributed by atoms with E-state index in [1.54, 1.807) is 0 Å². The first-order valence-corrected chi connectivity index (χ1v) is 16.1. The Morgan fingerprint density at radius 3 is 1.15 bits per heavy atom. The largest absolute Gasteiger partial charge is 0.507 e. The summed E-state index contributed by atoms with van der Waals surface area (Å²) in [7, 11) is 0. The Balaban J connectivity index is 2.35. The van der Waals surface area contributed by atoms with E-state index in [1.807, 2.05) is 0 Å². The van der Waals surface area contributed by atoms with Gasteiger partial charge >= 0.3 is 0 Å². The molecule has 0 heterocycles. The summed E-state index contributed by atoms with van der Waals surface area (Å²) in [6, 6.07) is 8.85. The minimum atomic E-state index is -0.145. The standard InChI is InChI=1S/C37H60O2/c1-9-11-13-15-17-19-21-28-23-30(34(38)32(25-28)36(3,4)5)27-31-24-29(22-20-18-16-14-12-10-2)26-33(35(31)39)37(6,7)8/h23-26,38-39H,9-22,27H2,1-8H3. The molecule has 0 aliphatic carbocycles. The molecular formula is C37H60O2. The van der Waals surface area contributed by atoms with Gasteiger partial charge in [0.15, 0.2) is 0 Å². The maximum atomic E-state index is 11.4. The molecular weight excluding hydrogens is 476 g/mol. The molecule has 0 spiro atoms. The van der Waals surface area contributed by atoms with Crippen molar-refractivity contribution in [2.45, 2.75) is 163 Å². The minimum absolute atomic E-state index is 0.145. The smallest absolute Gasteiger partial charge is 0.122 e. The predicted octanol–water partition coefficient (Wildman–Crippen LogP) is 11.1. The zero-order valence-electron chi connectivity index (χ0n) is 26.8. The zero-order chi connectivity index (χ0) is 29.1. The second-order valence-electron chi connectivity index (χ2n) is 14.0. The van der Waals surface area contributed by atoms with Crippen LogP contribution in [0.2, 0.25) is 0 Å². The van der Waals surface area contributed by atoms with E-state index in [-0.39, 0.29) is 10.8 Å². The second-order valence-corrected chi connectivity index (χ2v) is 14.0. The molecule has 2 aromatic carbocycles. The van der Waals surface area contributed by atoms with Crippen molar-refractivity contribution in [3.8, 4) is 11.5 Å². The number of rotatable bonds is 16. The van der Waals surface area contributed by atoms with Gasteiger partial charge in [-0.2, -0.15) is 0 Å². The first-order valence-electron chi connectivity index (χ1n) is 16.1. The molecule has 2 rings (SSSR count). The molecule has 0 aliphatic heterocycles. The molecule has 2 aromatic rings. The average Bonchev–Trinajstić information content (AvgIpc) is 2.85. The van der Waals surface area contributed by atoms with Crippen molar-refractivity contribution in [3.63, 3.8) is 0 Å². The number of hydrogen-bond donors (Lipinski definition) is 2. The number of aryl methyl sites for hydroxylation is 2. The van der Waals surface area contributed by atoms with Gasteiger partial charge in [-0.15, -0.1) is 0 Å². The SMILES string of the molecule is CCCCCCCCc1cc(Cc2cc(CCCCCCCC)cc(C(C)(C)C)c2O)c(O)c(C(C)(C)C)c1. The Hall–Kier alpha value is -1.96. The summed E-state index contributed by atoms with van der Waals surface area (Å²) in [5.41, 5.74) is 6.23. The van der Waals surface area contributed by atoms with Crippen molar-refractivity contribution in [1.29, 1.82) is 0 Å². The Bertz CT molecular complexity index is 922. The van der Waals surface area contributed by atoms with Crippen LogP contribution < -0.4 is 0 Å². The van der Waals surface area contributed by atoms with Crippen LogP contribution in [0.5, 0.6) is 11.5 Å². The normalized spacial score (nSPS) is 12.3. The van der Waals surface area contributed by atoms with Crippen LogP contribution in [0.4, 0.5) is 0 Å². The lowest BCUT2D eigenvalue weighted by Gasteiger charge is -2.25. The first-order chi connectivity index (χ1) is 18.4. The van der Waals surface area contributed by atoms with Gasteiger partial charge in [-0.25, -0.2) is 0 Å². The molecule has 0 saturated heterocycles. The van der Waals surface area contributed by atoms with Crippen LogP contribution in [0.15, 0.2) is 24.3 Å². The summed E-state index contributed by atoms with van der Waals surface area (Å²) < 4.78 is 0. The van der Waals surface area contributed by atoms with Gasteiger partial charge in [0.25, 0.3) is 0 Å². The monoisotopic (exact) mass is 536 g/mol. The van der Waals surface area contributed by atoms with Crippen LogP contribution >= 0.6 is 0 Å². The van der Waals surface area contributed by atoms with E-state index in [0.29, 0.717) is 17.9 Å². The van der Waals surface area contributed by atoms with Gasteiger partial charge < -0.3 is 10.2 Å². The number of unbranched alkanes of at least 4 members (excludes halogenated alkanes) is 10. The van der Waals surface area contributed by atoms with Gasteiger partial charge in [0.1, 0.15) is 11.5 Å². The molecule has 0 atom stereocenters. The quantitative estimate of drug-likeness (QED) is 0.209. The molecule has 2 nitrogen and oxygen atoms in total. The van der Waals surface area contributed by atoms with Crippen LogP contribution in [0.3, 0.4) is 0 Å². The molecule has 2 heteroatoms. The number of benzene rings is 2. The molecule has 0 aliphatic rings. The lowest BCUT2D eigenvalue weighted by molar-refractivity contribution is 0.435. The van der Waals surface area contributed by atoms with Crippen molar-refractivity contribution in [2.75, 3.05) is 0 Å². The maximum Gasteiger partial charge on any atom is 0.122 e. The fraction of sp³-hybridized carbons (Fsp3) is 0.676. The molecule has 0 saturated carbocycles. The number of aromatic hydroxyl groups is 2. The Kier molecular flexibility index (Phi) is 13.4. The van der Waals surface area contributed by atoms with Crippen LogP contribution in [-0.2, 0) is 30.1 Å². The second kappa shape index (κ2) is 15.7. The third-order valence-corrected chi connectivity index (χ3v) is 8.13. The van der Waals surface area contributed by atoms with Gasteiger partial charge in [0, 0.05) is 6.42 Å². The van der Waals surface area contributed by atoms with Crippen molar-refractivity contribution in [3.05, 3.63) is 57.6 Å². The fourth-order valence-corrected chi connectivity index (χ4v) is 5.65. The highest BCUT2D eigenvalue weighted by Crippen LogP contribution is 2.40. The molecule has 0 amide bonds. The van der Waals surface area contributed by atoms with E-state index in [9.17, 15) is 10.2 Å². The molecule has 0 fully saturated rings. The molecule has 39 heavy (non-hydrogen) atoms. The van der Waals surface area contributed by atoms with E-state index in [0.717, 1.165) is 35.1 Å². The van der Waals surface area contributed by atoms with Crippen molar-refractivity contribution in [1.82, 2.24) is 0 Å². The van der Waals surface area contributed by atoms with Crippen LogP contribution in [0.1, 0.15) is 166 Å². The highest BCUT2D eigenvalue weighted by atomic mass is 16.3. The molecule has 0 aromatic heterocycles. The lowest BCUT2D eigenvalue weighted by atomic mass is 9.81. The number of phenolic OH excluding ortho intramolecular Hbond substituents is 2. The van der Waals surface area contributed by atoms with Crippen molar-refractivity contribution >= 4 is 0 Å². The summed E-state index contributed by atoms with van der Waals surface area (Å²) in [5, 5.41) is 22.9. The predicted molar refractivity (Wildman–Crippen MR) is 171 cm³/mol. The highest BCUT2D eigenvalue weighted by Gasteiger charge is 2.25. The first kappa shape index (κ1) is 33.2. The van der Waals surface area contributed by atoms with Gasteiger partial charge in [-0.3, -0.25) is 0 Å². The molecule has 0 bridgehead atoms. The van der Waals surface area contributed by atoms with E-state index in [2.05, 4.69) is 79.7 Å². The fourth-order valence-electron chi connectivity index (χ4n) is 5.65. The van der Waals surface area contributed by atoms with E-state index in [4.69, 9.17) is 0 Å². The van der Waals surface area contributed by atoms with Gasteiger partial charge in [0.05, 0.1) is 0 Å². The molecule has 0 unspecified atom stereocenters. The lowest BCUT2D eigenvalue weighted by Crippen LogP contribution is -2.14. The summed E-state index contributed by atoms with van der Waals surface area (Å²) in [6.07, 6.45) is 18.0. The van der Waals surface area contributed by atoms with Crippen LogP contribution in [-0.4, -0.2) is 10.2 Å². The van der Waals surface area contributed by atoms with E-state index < -0.39 is 0 Å². The number of hydrogen-bond acceptors (Lipinski definition) is 2. The highest BCUT2D eigenvalue weighted by molar-refractivity contribution is 5.53. The van der Waals surface area contributed by atoms with E-state index >= 15 is 0 Å². The summed E-state index contributed by atoms with van der Waals surface area (Å²) in [6.45, 7) is 17.6. The molecule has 2 N–H and O–H groups in total. The van der Waals surface area contributed by atoms with Crippen LogP contribution in [0.25, 0.3) is 0 Å². The number of phenols is 2. The summed E-state index contributed by atoms with van der Waals surface area (Å²) in [5.74, 6) is 0.791. The van der Waals surface area contributed by atoms with Crippen molar-refractivity contribution in [2.24, 2.45) is 0 Å². The van der Waals surface area contributed by atoms with Gasteiger partial charge in [0.2, 0.25) is 0 Å². The Morgan fingerprint density at radius 1 is 0.487 bits per heavy atom. The van der Waals surface area contributed by atoms with Gasteiger partial charge in [-0.1, -0.05) is 144 Å². The Labute approximate surface area is 241 Å². The minimum Gasteiger partial charge on any atom is -0.507 e. The summed E-state index contributed by atoms with van der Waals surface area (Å²) in [4.78, 5) is 0. The van der Waals surface area contributed by atoms with Gasteiger partial charge in [-0.05, 0) is 69.9 Å². The van der Waals surface area contributed by atoms with Crippen LogP contribution in [0, 0.1) is 0 Å². The topological polar surface area (TPSA) is 40.5 Å². The van der Waals surface area contributed by atoms with E-state index in [1.165, 1.54) is 88.2 Å².